The first-order chi connectivity index (χ1) is 12.3. The summed E-state index contributed by atoms with van der Waals surface area (Å²) in [7, 11) is 0. The first-order valence-electron chi connectivity index (χ1n) is 9.58. The Kier molecular flexibility index (Phi) is 6.30. The van der Waals surface area contributed by atoms with E-state index in [2.05, 4.69) is 32.7 Å². The Morgan fingerprint density at radius 2 is 2.20 bits per heavy atom. The van der Waals surface area contributed by atoms with Gasteiger partial charge in [-0.15, -0.1) is 0 Å². The summed E-state index contributed by atoms with van der Waals surface area (Å²) in [4.78, 5) is 19.3. The Balaban J connectivity index is 1.51. The second-order valence-electron chi connectivity index (χ2n) is 7.03. The number of H-pyrrole nitrogens is 1. The smallest absolute Gasteiger partial charge is 0.225 e. The van der Waals surface area contributed by atoms with Gasteiger partial charge in [0.15, 0.2) is 5.96 Å². The van der Waals surface area contributed by atoms with Gasteiger partial charge >= 0.3 is 0 Å². The Hall–Kier alpha value is -2.05. The molecule has 25 heavy (non-hydrogen) atoms. The third kappa shape index (κ3) is 4.96. The fourth-order valence-corrected chi connectivity index (χ4v) is 3.74. The highest BCUT2D eigenvalue weighted by Crippen LogP contribution is 2.26. The molecule has 138 valence electrons. The van der Waals surface area contributed by atoms with E-state index in [1.807, 2.05) is 11.0 Å². The summed E-state index contributed by atoms with van der Waals surface area (Å²) in [5, 5.41) is 13.6. The average molecular weight is 346 g/mol. The fraction of sp³-hybridized carbons (Fsp3) is 0.722. The molecule has 1 amide bonds. The first kappa shape index (κ1) is 17.8. The largest absolute Gasteiger partial charge is 0.357 e. The highest BCUT2D eigenvalue weighted by molar-refractivity contribution is 5.81. The van der Waals surface area contributed by atoms with Crippen LogP contribution in [-0.2, 0) is 11.3 Å². The van der Waals surface area contributed by atoms with Gasteiger partial charge in [-0.2, -0.15) is 5.10 Å². The van der Waals surface area contributed by atoms with Gasteiger partial charge in [-0.3, -0.25) is 9.89 Å². The predicted octanol–water partition coefficient (Wildman–Crippen LogP) is 1.65. The first-order valence-corrected chi connectivity index (χ1v) is 9.58. The monoisotopic (exact) mass is 346 g/mol. The molecule has 1 atom stereocenters. The van der Waals surface area contributed by atoms with Crippen LogP contribution in [0.3, 0.4) is 0 Å². The molecule has 1 aromatic rings. The molecule has 0 spiro atoms. The predicted molar refractivity (Wildman–Crippen MR) is 98.1 cm³/mol. The number of aromatic amines is 1. The molecule has 0 radical (unpaired) electrons. The number of likely N-dealkylation sites (tertiary alicyclic amines) is 1. The molecule has 0 aromatic carbocycles. The van der Waals surface area contributed by atoms with E-state index in [-0.39, 0.29) is 12.0 Å². The van der Waals surface area contributed by atoms with Gasteiger partial charge in [-0.1, -0.05) is 19.3 Å². The van der Waals surface area contributed by atoms with Gasteiger partial charge in [0, 0.05) is 37.8 Å². The van der Waals surface area contributed by atoms with Gasteiger partial charge in [0.25, 0.3) is 0 Å². The molecule has 1 saturated heterocycles. The highest BCUT2D eigenvalue weighted by atomic mass is 16.2. The number of amides is 1. The van der Waals surface area contributed by atoms with Crippen molar-refractivity contribution in [1.82, 2.24) is 25.7 Å². The summed E-state index contributed by atoms with van der Waals surface area (Å²) in [6.07, 6.45) is 8.55. The van der Waals surface area contributed by atoms with E-state index in [1.54, 1.807) is 6.20 Å². The maximum atomic E-state index is 12.7. The minimum Gasteiger partial charge on any atom is -0.357 e. The lowest BCUT2D eigenvalue weighted by Gasteiger charge is -2.26. The number of guanidine groups is 1. The lowest BCUT2D eigenvalue weighted by Crippen LogP contribution is -2.45. The van der Waals surface area contributed by atoms with Crippen molar-refractivity contribution in [3.05, 3.63) is 18.0 Å². The normalized spacial score (nSPS) is 22.2. The van der Waals surface area contributed by atoms with Crippen LogP contribution in [0.15, 0.2) is 17.3 Å². The second kappa shape index (κ2) is 8.87. The molecule has 1 saturated carbocycles. The zero-order valence-electron chi connectivity index (χ0n) is 15.1. The minimum atomic E-state index is 0.259. The summed E-state index contributed by atoms with van der Waals surface area (Å²) < 4.78 is 0. The van der Waals surface area contributed by atoms with E-state index >= 15 is 0 Å². The molecule has 2 heterocycles. The molecule has 0 bridgehead atoms. The summed E-state index contributed by atoms with van der Waals surface area (Å²) in [5.41, 5.74) is 0.984. The average Bonchev–Trinajstić information content (AvgIpc) is 3.32. The van der Waals surface area contributed by atoms with Crippen LogP contribution in [0.25, 0.3) is 0 Å². The van der Waals surface area contributed by atoms with Crippen molar-refractivity contribution < 1.29 is 4.79 Å². The number of aromatic nitrogens is 2. The Labute approximate surface area is 149 Å². The summed E-state index contributed by atoms with van der Waals surface area (Å²) in [6.45, 7) is 5.07. The lowest BCUT2D eigenvalue weighted by molar-refractivity contribution is -0.135. The van der Waals surface area contributed by atoms with Gasteiger partial charge in [0.05, 0.1) is 12.2 Å². The Morgan fingerprint density at radius 1 is 1.36 bits per heavy atom. The number of hydrogen-bond donors (Lipinski definition) is 3. The molecule has 7 nitrogen and oxygen atoms in total. The van der Waals surface area contributed by atoms with Crippen molar-refractivity contribution in [2.24, 2.45) is 10.9 Å². The van der Waals surface area contributed by atoms with Crippen LogP contribution < -0.4 is 10.6 Å². The molecular formula is C18H30N6O. The van der Waals surface area contributed by atoms with E-state index in [1.165, 1.54) is 19.3 Å². The van der Waals surface area contributed by atoms with Crippen molar-refractivity contribution in [2.75, 3.05) is 19.6 Å². The summed E-state index contributed by atoms with van der Waals surface area (Å²) >= 11 is 0. The van der Waals surface area contributed by atoms with Crippen LogP contribution in [-0.4, -0.2) is 52.6 Å². The van der Waals surface area contributed by atoms with E-state index in [9.17, 15) is 4.79 Å². The van der Waals surface area contributed by atoms with Gasteiger partial charge < -0.3 is 15.5 Å². The maximum Gasteiger partial charge on any atom is 0.225 e. The van der Waals surface area contributed by atoms with E-state index in [0.29, 0.717) is 12.5 Å². The molecule has 1 aromatic heterocycles. The number of rotatable bonds is 5. The molecule has 1 unspecified atom stereocenters. The molecule has 1 aliphatic carbocycles. The third-order valence-electron chi connectivity index (χ3n) is 5.11. The van der Waals surface area contributed by atoms with Gasteiger partial charge in [0.2, 0.25) is 5.91 Å². The quantitative estimate of drug-likeness (QED) is 0.559. The van der Waals surface area contributed by atoms with Crippen molar-refractivity contribution in [1.29, 1.82) is 0 Å². The van der Waals surface area contributed by atoms with Gasteiger partial charge in [-0.05, 0) is 32.3 Å². The number of nitrogens with one attached hydrogen (secondary N) is 3. The molecule has 3 rings (SSSR count). The standard InChI is InChI=1S/C18H30N6O/c1-2-19-18(20-12-15-8-10-21-23-15)22-16-9-11-24(13-16)17(25)14-6-4-3-5-7-14/h8,10,14,16H,2-7,9,11-13H2,1H3,(H,21,23)(H2,19,20,22). The van der Waals surface area contributed by atoms with Crippen LogP contribution in [0.4, 0.5) is 0 Å². The SMILES string of the molecule is CCNC(=NCc1ccn[nH]1)NC1CCN(C(=O)C2CCCCC2)C1. The number of carbonyl (C=O) groups excluding carboxylic acids is 1. The maximum absolute atomic E-state index is 12.7. The number of hydrogen-bond acceptors (Lipinski definition) is 3. The van der Waals surface area contributed by atoms with Crippen LogP contribution in [0.2, 0.25) is 0 Å². The van der Waals surface area contributed by atoms with Gasteiger partial charge in [-0.25, -0.2) is 4.99 Å². The molecular weight excluding hydrogens is 316 g/mol. The Morgan fingerprint density at radius 3 is 2.92 bits per heavy atom. The van der Waals surface area contributed by atoms with E-state index < -0.39 is 0 Å². The summed E-state index contributed by atoms with van der Waals surface area (Å²) in [5.74, 6) is 1.42. The van der Waals surface area contributed by atoms with E-state index in [4.69, 9.17) is 0 Å². The number of nitrogens with zero attached hydrogens (tertiary/aromatic N) is 3. The van der Waals surface area contributed by atoms with Crippen molar-refractivity contribution >= 4 is 11.9 Å². The number of carbonyl (C=O) groups is 1. The molecule has 3 N–H and O–H groups in total. The molecule has 7 heteroatoms. The summed E-state index contributed by atoms with van der Waals surface area (Å²) in [6, 6.07) is 2.19. The zero-order valence-corrected chi connectivity index (χ0v) is 15.1. The number of aliphatic imine (C=N–C) groups is 1. The second-order valence-corrected chi connectivity index (χ2v) is 7.03. The zero-order chi connectivity index (χ0) is 17.5. The van der Waals surface area contributed by atoms with Crippen molar-refractivity contribution in [3.8, 4) is 0 Å². The molecule has 2 aliphatic rings. The third-order valence-corrected chi connectivity index (χ3v) is 5.11. The Bertz CT molecular complexity index is 564. The van der Waals surface area contributed by atoms with Crippen LogP contribution in [0, 0.1) is 5.92 Å². The topological polar surface area (TPSA) is 85.4 Å². The highest BCUT2D eigenvalue weighted by Gasteiger charge is 2.31. The van der Waals surface area contributed by atoms with Crippen molar-refractivity contribution in [3.63, 3.8) is 0 Å². The van der Waals surface area contributed by atoms with Crippen LogP contribution >= 0.6 is 0 Å². The minimum absolute atomic E-state index is 0.259. The molecule has 2 fully saturated rings. The van der Waals surface area contributed by atoms with Gasteiger partial charge in [0.1, 0.15) is 0 Å². The lowest BCUT2D eigenvalue weighted by atomic mass is 9.88. The molecule has 1 aliphatic heterocycles. The van der Waals surface area contributed by atoms with Crippen LogP contribution in [0.1, 0.15) is 51.1 Å². The van der Waals surface area contributed by atoms with Crippen LogP contribution in [0.5, 0.6) is 0 Å². The fourth-order valence-electron chi connectivity index (χ4n) is 3.74. The van der Waals surface area contributed by atoms with Crippen molar-refractivity contribution in [2.45, 2.75) is 58.0 Å². The van der Waals surface area contributed by atoms with E-state index in [0.717, 1.165) is 50.6 Å².